The smallest absolute Gasteiger partial charge is 0.234 e. The van der Waals surface area contributed by atoms with Gasteiger partial charge in [-0.2, -0.15) is 5.21 Å². The second-order valence-electron chi connectivity index (χ2n) is 4.99. The number of H-pyrrole nitrogens is 1. The normalized spacial score (nSPS) is 19.3. The van der Waals surface area contributed by atoms with E-state index in [1.807, 2.05) is 0 Å². The molecule has 9 heteroatoms. The summed E-state index contributed by atoms with van der Waals surface area (Å²) in [5.74, 6) is 0.117. The van der Waals surface area contributed by atoms with Gasteiger partial charge in [-0.1, -0.05) is 36.1 Å². The summed E-state index contributed by atoms with van der Waals surface area (Å²) >= 11 is 0. The molecule has 20 heavy (non-hydrogen) atoms. The Bertz CT molecular complexity index is 463. The molecule has 0 unspecified atom stereocenters. The highest BCUT2D eigenvalue weighted by atomic mass is 16.4. The zero-order valence-corrected chi connectivity index (χ0v) is 11.2. The summed E-state index contributed by atoms with van der Waals surface area (Å²) in [5.41, 5.74) is 4.86. The van der Waals surface area contributed by atoms with Gasteiger partial charge in [-0.3, -0.25) is 4.79 Å². The maximum atomic E-state index is 12.5. The quantitative estimate of drug-likeness (QED) is 0.199. The van der Waals surface area contributed by atoms with E-state index in [4.69, 9.17) is 10.9 Å². The largest absolute Gasteiger partial charge is 0.409 e. The van der Waals surface area contributed by atoms with Gasteiger partial charge >= 0.3 is 0 Å². The summed E-state index contributed by atoms with van der Waals surface area (Å²) in [6.07, 6.45) is 5.04. The molecule has 0 spiro atoms. The molecule has 0 radical (unpaired) electrons. The van der Waals surface area contributed by atoms with Crippen LogP contribution in [0.3, 0.4) is 0 Å². The van der Waals surface area contributed by atoms with Crippen LogP contribution in [0.5, 0.6) is 0 Å². The maximum absolute atomic E-state index is 12.5. The van der Waals surface area contributed by atoms with E-state index < -0.39 is 5.41 Å². The van der Waals surface area contributed by atoms with Crippen molar-refractivity contribution < 1.29 is 10.0 Å². The van der Waals surface area contributed by atoms with Crippen LogP contribution in [-0.2, 0) is 11.3 Å². The average Bonchev–Trinajstić information content (AvgIpc) is 2.86. The van der Waals surface area contributed by atoms with Gasteiger partial charge in [-0.15, -0.1) is 10.2 Å². The van der Waals surface area contributed by atoms with E-state index in [0.29, 0.717) is 18.7 Å². The van der Waals surface area contributed by atoms with Crippen LogP contribution in [0.2, 0.25) is 0 Å². The van der Waals surface area contributed by atoms with Gasteiger partial charge in [0.2, 0.25) is 5.91 Å². The lowest BCUT2D eigenvalue weighted by Gasteiger charge is -2.29. The predicted octanol–water partition coefficient (Wildman–Crippen LogP) is -0.0971. The topological polar surface area (TPSA) is 142 Å². The molecule has 1 aromatic rings. The van der Waals surface area contributed by atoms with E-state index in [9.17, 15) is 4.79 Å². The second-order valence-corrected chi connectivity index (χ2v) is 4.99. The molecule has 0 saturated heterocycles. The maximum Gasteiger partial charge on any atom is 0.234 e. The molecule has 5 N–H and O–H groups in total. The third-order valence-corrected chi connectivity index (χ3v) is 3.79. The zero-order valence-electron chi connectivity index (χ0n) is 11.2. The van der Waals surface area contributed by atoms with Gasteiger partial charge in [0.25, 0.3) is 0 Å². The Balaban J connectivity index is 2.11. The summed E-state index contributed by atoms with van der Waals surface area (Å²) in [5, 5.41) is 28.1. The standard InChI is InChI=1S/C11H19N7O2/c12-9(16-20)11(5-3-1-2-4-6-11)10(19)13-7-8-14-17-18-15-8/h20H,1-7H2,(H2,12,16)(H,13,19)(H,14,15,17,18). The number of nitrogens with zero attached hydrogens (tertiary/aromatic N) is 4. The summed E-state index contributed by atoms with van der Waals surface area (Å²) in [7, 11) is 0. The molecule has 0 aliphatic heterocycles. The number of aromatic amines is 1. The van der Waals surface area contributed by atoms with E-state index in [-0.39, 0.29) is 18.3 Å². The fraction of sp³-hybridized carbons (Fsp3) is 0.727. The molecule has 1 aliphatic carbocycles. The highest BCUT2D eigenvalue weighted by Gasteiger charge is 2.42. The molecule has 1 aromatic heterocycles. The first-order chi connectivity index (χ1) is 9.69. The molecule has 0 atom stereocenters. The van der Waals surface area contributed by atoms with Crippen LogP contribution in [0.4, 0.5) is 0 Å². The van der Waals surface area contributed by atoms with Gasteiger partial charge in [-0.25, -0.2) is 0 Å². The number of nitrogens with one attached hydrogen (secondary N) is 2. The van der Waals surface area contributed by atoms with Crippen molar-refractivity contribution >= 4 is 11.7 Å². The Morgan fingerprint density at radius 1 is 1.40 bits per heavy atom. The number of hydrogen-bond donors (Lipinski definition) is 4. The van der Waals surface area contributed by atoms with Crippen LogP contribution < -0.4 is 11.1 Å². The number of hydrogen-bond acceptors (Lipinski definition) is 6. The van der Waals surface area contributed by atoms with Gasteiger partial charge in [0.1, 0.15) is 5.41 Å². The number of amidine groups is 1. The van der Waals surface area contributed by atoms with Gasteiger partial charge in [-0.05, 0) is 12.8 Å². The molecular formula is C11H19N7O2. The Hall–Kier alpha value is -2.19. The number of aromatic nitrogens is 4. The molecule has 2 rings (SSSR count). The molecule has 1 amide bonds. The van der Waals surface area contributed by atoms with Gasteiger partial charge in [0.05, 0.1) is 6.54 Å². The molecule has 1 saturated carbocycles. The first kappa shape index (κ1) is 14.2. The van der Waals surface area contributed by atoms with E-state index >= 15 is 0 Å². The predicted molar refractivity (Wildman–Crippen MR) is 69.6 cm³/mol. The third-order valence-electron chi connectivity index (χ3n) is 3.79. The van der Waals surface area contributed by atoms with Crippen molar-refractivity contribution in [2.45, 2.75) is 45.1 Å². The van der Waals surface area contributed by atoms with Crippen LogP contribution in [0.25, 0.3) is 0 Å². The van der Waals surface area contributed by atoms with E-state index in [0.717, 1.165) is 25.7 Å². The Kier molecular flexibility index (Phi) is 4.49. The molecule has 1 fully saturated rings. The van der Waals surface area contributed by atoms with Gasteiger partial charge in [0.15, 0.2) is 11.7 Å². The number of nitrogens with two attached hydrogens (primary N) is 1. The first-order valence-electron chi connectivity index (χ1n) is 6.68. The van der Waals surface area contributed by atoms with Crippen molar-refractivity contribution in [2.75, 3.05) is 0 Å². The van der Waals surface area contributed by atoms with Crippen LogP contribution in [-0.4, -0.2) is 37.6 Å². The highest BCUT2D eigenvalue weighted by molar-refractivity contribution is 6.06. The number of tetrazole rings is 1. The molecule has 0 bridgehead atoms. The van der Waals surface area contributed by atoms with E-state index in [1.54, 1.807) is 0 Å². The molecule has 9 nitrogen and oxygen atoms in total. The summed E-state index contributed by atoms with van der Waals surface area (Å²) < 4.78 is 0. The van der Waals surface area contributed by atoms with Crippen LogP contribution in [0, 0.1) is 5.41 Å². The van der Waals surface area contributed by atoms with Crippen molar-refractivity contribution in [3.05, 3.63) is 5.82 Å². The number of carbonyl (C=O) groups excluding carboxylic acids is 1. The van der Waals surface area contributed by atoms with Crippen molar-refractivity contribution in [2.24, 2.45) is 16.3 Å². The Morgan fingerprint density at radius 2 is 2.10 bits per heavy atom. The minimum absolute atomic E-state index is 0.0231. The second kappa shape index (κ2) is 6.31. The highest BCUT2D eigenvalue weighted by Crippen LogP contribution is 2.35. The number of carbonyl (C=O) groups is 1. The van der Waals surface area contributed by atoms with Crippen LogP contribution in [0.15, 0.2) is 5.16 Å². The fourth-order valence-electron chi connectivity index (χ4n) is 2.61. The lowest BCUT2D eigenvalue weighted by molar-refractivity contribution is -0.128. The number of rotatable bonds is 4. The number of amides is 1. The minimum atomic E-state index is -0.936. The molecule has 1 heterocycles. The SMILES string of the molecule is NC(=NO)C1(C(=O)NCc2nn[nH]n2)CCCCCC1. The van der Waals surface area contributed by atoms with Gasteiger partial charge < -0.3 is 16.3 Å². The lowest BCUT2D eigenvalue weighted by atomic mass is 9.78. The van der Waals surface area contributed by atoms with Crippen LogP contribution >= 0.6 is 0 Å². The van der Waals surface area contributed by atoms with Crippen molar-refractivity contribution in [3.8, 4) is 0 Å². The van der Waals surface area contributed by atoms with Crippen molar-refractivity contribution in [1.82, 2.24) is 25.9 Å². The summed E-state index contributed by atoms with van der Waals surface area (Å²) in [6.45, 7) is 0.162. The summed E-state index contributed by atoms with van der Waals surface area (Å²) in [6, 6.07) is 0. The Labute approximate surface area is 116 Å². The molecule has 0 aromatic carbocycles. The van der Waals surface area contributed by atoms with Crippen molar-refractivity contribution in [3.63, 3.8) is 0 Å². The average molecular weight is 281 g/mol. The third kappa shape index (κ3) is 2.86. The zero-order chi connectivity index (χ0) is 14.4. The first-order valence-corrected chi connectivity index (χ1v) is 6.68. The fourth-order valence-corrected chi connectivity index (χ4v) is 2.61. The number of oxime groups is 1. The van der Waals surface area contributed by atoms with E-state index in [2.05, 4.69) is 31.1 Å². The molecule has 110 valence electrons. The Morgan fingerprint density at radius 3 is 2.65 bits per heavy atom. The van der Waals surface area contributed by atoms with Gasteiger partial charge in [0, 0.05) is 0 Å². The lowest BCUT2D eigenvalue weighted by Crippen LogP contribution is -2.49. The monoisotopic (exact) mass is 281 g/mol. The minimum Gasteiger partial charge on any atom is -0.409 e. The molecule has 1 aliphatic rings. The van der Waals surface area contributed by atoms with Crippen molar-refractivity contribution in [1.29, 1.82) is 0 Å². The summed E-state index contributed by atoms with van der Waals surface area (Å²) in [4.78, 5) is 12.5. The van der Waals surface area contributed by atoms with E-state index in [1.165, 1.54) is 0 Å². The molecular weight excluding hydrogens is 262 g/mol. The van der Waals surface area contributed by atoms with Crippen LogP contribution in [0.1, 0.15) is 44.3 Å².